The Labute approximate surface area is 137 Å². The quantitative estimate of drug-likeness (QED) is 0.358. The molecular formula is C16H14ClNO5. The maximum absolute atomic E-state index is 12.0. The zero-order chi connectivity index (χ0) is 17.0. The minimum absolute atomic E-state index is 0.0182. The van der Waals surface area contributed by atoms with E-state index in [2.05, 4.69) is 0 Å². The third-order valence-electron chi connectivity index (χ3n) is 2.97. The van der Waals surface area contributed by atoms with Gasteiger partial charge in [0.15, 0.2) is 6.10 Å². The Balaban J connectivity index is 2.05. The van der Waals surface area contributed by atoms with Crippen LogP contribution in [0.4, 0.5) is 5.69 Å². The fraction of sp³-hybridized carbons (Fsp3) is 0.188. The van der Waals surface area contributed by atoms with Crippen molar-refractivity contribution in [2.75, 3.05) is 0 Å². The topological polar surface area (TPSA) is 78.7 Å². The average Bonchev–Trinajstić information content (AvgIpc) is 2.49. The molecule has 0 saturated heterocycles. The lowest BCUT2D eigenvalue weighted by Gasteiger charge is -2.14. The van der Waals surface area contributed by atoms with Gasteiger partial charge < -0.3 is 9.47 Å². The minimum Gasteiger partial charge on any atom is -0.479 e. The highest BCUT2D eigenvalue weighted by Crippen LogP contribution is 2.29. The van der Waals surface area contributed by atoms with Crippen LogP contribution in [0.3, 0.4) is 0 Å². The monoisotopic (exact) mass is 335 g/mol. The number of non-ortho nitro benzene ring substituents is 1. The lowest BCUT2D eigenvalue weighted by atomic mass is 10.2. The third kappa shape index (κ3) is 4.43. The summed E-state index contributed by atoms with van der Waals surface area (Å²) in [6, 6.07) is 10.9. The van der Waals surface area contributed by atoms with Crippen molar-refractivity contribution in [3.63, 3.8) is 0 Å². The molecule has 23 heavy (non-hydrogen) atoms. The predicted octanol–water partition coefficient (Wildman–Crippen LogP) is 3.93. The number of halogens is 1. The van der Waals surface area contributed by atoms with Gasteiger partial charge >= 0.3 is 5.97 Å². The zero-order valence-electron chi connectivity index (χ0n) is 12.5. The zero-order valence-corrected chi connectivity index (χ0v) is 13.2. The number of nitro benzene ring substituents is 1. The Morgan fingerprint density at radius 2 is 2.00 bits per heavy atom. The van der Waals surface area contributed by atoms with E-state index in [0.717, 1.165) is 11.6 Å². The summed E-state index contributed by atoms with van der Waals surface area (Å²) in [4.78, 5) is 22.1. The van der Waals surface area contributed by atoms with Crippen molar-refractivity contribution < 1.29 is 19.2 Å². The number of nitrogens with zero attached hydrogens (tertiary/aromatic N) is 1. The molecule has 1 atom stereocenters. The number of hydrogen-bond acceptors (Lipinski definition) is 5. The lowest BCUT2D eigenvalue weighted by Crippen LogP contribution is -2.28. The number of nitro groups is 1. The van der Waals surface area contributed by atoms with Crippen molar-refractivity contribution in [1.29, 1.82) is 0 Å². The second-order valence-corrected chi connectivity index (χ2v) is 5.28. The molecule has 2 rings (SSSR count). The molecule has 0 aromatic heterocycles. The Hall–Kier alpha value is -2.60. The SMILES string of the molecule is Cc1cccc(O[C@@H](C)C(=O)Oc2ccc([N+](=O)[O-])cc2Cl)c1. The van der Waals surface area contributed by atoms with E-state index in [-0.39, 0.29) is 16.5 Å². The number of esters is 1. The molecule has 0 aliphatic carbocycles. The fourth-order valence-electron chi connectivity index (χ4n) is 1.82. The van der Waals surface area contributed by atoms with Crippen LogP contribution in [0.1, 0.15) is 12.5 Å². The van der Waals surface area contributed by atoms with Gasteiger partial charge in [0.1, 0.15) is 11.5 Å². The molecule has 0 fully saturated rings. The number of benzene rings is 2. The largest absolute Gasteiger partial charge is 0.479 e. The summed E-state index contributed by atoms with van der Waals surface area (Å²) in [5, 5.41) is 10.6. The van der Waals surface area contributed by atoms with Crippen molar-refractivity contribution >= 4 is 23.3 Å². The Bertz CT molecular complexity index is 747. The molecule has 2 aromatic rings. The van der Waals surface area contributed by atoms with E-state index in [1.165, 1.54) is 12.1 Å². The minimum atomic E-state index is -0.858. The van der Waals surface area contributed by atoms with Gasteiger partial charge in [0, 0.05) is 12.1 Å². The molecule has 0 radical (unpaired) electrons. The maximum atomic E-state index is 12.0. The number of carbonyl (C=O) groups excluding carboxylic acids is 1. The van der Waals surface area contributed by atoms with E-state index < -0.39 is 17.0 Å². The molecule has 0 heterocycles. The first-order chi connectivity index (χ1) is 10.9. The number of ether oxygens (including phenoxy) is 2. The van der Waals surface area contributed by atoms with Crippen LogP contribution < -0.4 is 9.47 Å². The van der Waals surface area contributed by atoms with E-state index in [0.29, 0.717) is 5.75 Å². The number of rotatable bonds is 5. The normalized spacial score (nSPS) is 11.6. The summed E-state index contributed by atoms with van der Waals surface area (Å²) in [7, 11) is 0. The van der Waals surface area contributed by atoms with Crippen molar-refractivity contribution in [2.45, 2.75) is 20.0 Å². The summed E-state index contributed by atoms with van der Waals surface area (Å²) in [5.74, 6) is -0.0616. The van der Waals surface area contributed by atoms with Gasteiger partial charge in [-0.25, -0.2) is 4.79 Å². The van der Waals surface area contributed by atoms with Crippen LogP contribution in [0.2, 0.25) is 5.02 Å². The molecule has 0 aliphatic heterocycles. The number of aryl methyl sites for hydroxylation is 1. The highest BCUT2D eigenvalue weighted by molar-refractivity contribution is 6.32. The fourth-order valence-corrected chi connectivity index (χ4v) is 2.03. The highest BCUT2D eigenvalue weighted by atomic mass is 35.5. The summed E-state index contributed by atoms with van der Waals surface area (Å²) in [6.07, 6.45) is -0.858. The van der Waals surface area contributed by atoms with Crippen LogP contribution in [-0.4, -0.2) is 17.0 Å². The molecule has 6 nitrogen and oxygen atoms in total. The Morgan fingerprint density at radius 3 is 2.61 bits per heavy atom. The Kier molecular flexibility index (Phi) is 5.18. The third-order valence-corrected chi connectivity index (χ3v) is 3.27. The van der Waals surface area contributed by atoms with Gasteiger partial charge in [0.2, 0.25) is 0 Å². The van der Waals surface area contributed by atoms with E-state index in [9.17, 15) is 14.9 Å². The summed E-state index contributed by atoms with van der Waals surface area (Å²) < 4.78 is 10.6. The van der Waals surface area contributed by atoms with E-state index in [1.807, 2.05) is 19.1 Å². The standard InChI is InChI=1S/C16H14ClNO5/c1-10-4-3-5-13(8-10)22-11(2)16(19)23-15-7-6-12(18(20)21)9-14(15)17/h3-9,11H,1-2H3/t11-/m0/s1. The molecule has 0 N–H and O–H groups in total. The maximum Gasteiger partial charge on any atom is 0.352 e. The number of carbonyl (C=O) groups is 1. The molecular weight excluding hydrogens is 322 g/mol. The highest BCUT2D eigenvalue weighted by Gasteiger charge is 2.20. The van der Waals surface area contributed by atoms with Crippen molar-refractivity contribution in [2.24, 2.45) is 0 Å². The van der Waals surface area contributed by atoms with Crippen LogP contribution in [0, 0.1) is 17.0 Å². The summed E-state index contributed by atoms with van der Waals surface area (Å²) in [5.41, 5.74) is 0.820. The molecule has 0 unspecified atom stereocenters. The second kappa shape index (κ2) is 7.11. The van der Waals surface area contributed by atoms with Crippen molar-refractivity contribution in [3.8, 4) is 11.5 Å². The van der Waals surface area contributed by atoms with E-state index in [1.54, 1.807) is 19.1 Å². The van der Waals surface area contributed by atoms with Gasteiger partial charge in [-0.1, -0.05) is 23.7 Å². The first kappa shape index (κ1) is 16.8. The molecule has 120 valence electrons. The van der Waals surface area contributed by atoms with Gasteiger partial charge in [0.05, 0.1) is 9.95 Å². The molecule has 0 amide bonds. The van der Waals surface area contributed by atoms with Crippen LogP contribution >= 0.6 is 11.6 Å². The molecule has 2 aromatic carbocycles. The lowest BCUT2D eigenvalue weighted by molar-refractivity contribution is -0.384. The van der Waals surface area contributed by atoms with Gasteiger partial charge in [-0.05, 0) is 37.6 Å². The van der Waals surface area contributed by atoms with Gasteiger partial charge in [-0.2, -0.15) is 0 Å². The first-order valence-electron chi connectivity index (χ1n) is 6.76. The second-order valence-electron chi connectivity index (χ2n) is 4.87. The van der Waals surface area contributed by atoms with Gasteiger partial charge in [-0.15, -0.1) is 0 Å². The molecule has 0 saturated carbocycles. The van der Waals surface area contributed by atoms with Crippen LogP contribution in [-0.2, 0) is 4.79 Å². The first-order valence-corrected chi connectivity index (χ1v) is 7.13. The van der Waals surface area contributed by atoms with Gasteiger partial charge in [0.25, 0.3) is 5.69 Å². The van der Waals surface area contributed by atoms with E-state index in [4.69, 9.17) is 21.1 Å². The number of hydrogen-bond donors (Lipinski definition) is 0. The Morgan fingerprint density at radius 1 is 1.26 bits per heavy atom. The van der Waals surface area contributed by atoms with Crippen LogP contribution in [0.5, 0.6) is 11.5 Å². The molecule has 0 aliphatic rings. The molecule has 0 bridgehead atoms. The smallest absolute Gasteiger partial charge is 0.352 e. The van der Waals surface area contributed by atoms with Crippen LogP contribution in [0.25, 0.3) is 0 Å². The van der Waals surface area contributed by atoms with Crippen LogP contribution in [0.15, 0.2) is 42.5 Å². The predicted molar refractivity (Wildman–Crippen MR) is 85.0 cm³/mol. The summed E-state index contributed by atoms with van der Waals surface area (Å²) in [6.45, 7) is 3.45. The average molecular weight is 336 g/mol. The molecule has 0 spiro atoms. The summed E-state index contributed by atoms with van der Waals surface area (Å²) >= 11 is 5.88. The van der Waals surface area contributed by atoms with Crippen molar-refractivity contribution in [3.05, 3.63) is 63.2 Å². The van der Waals surface area contributed by atoms with Gasteiger partial charge in [-0.3, -0.25) is 10.1 Å². The van der Waals surface area contributed by atoms with E-state index >= 15 is 0 Å². The van der Waals surface area contributed by atoms with Crippen molar-refractivity contribution in [1.82, 2.24) is 0 Å². The molecule has 7 heteroatoms.